The van der Waals surface area contributed by atoms with Crippen molar-refractivity contribution in [1.29, 1.82) is 0 Å². The number of amides is 9. The van der Waals surface area contributed by atoms with Gasteiger partial charge < -0.3 is 113 Å². The highest BCUT2D eigenvalue weighted by Gasteiger charge is 2.34. The van der Waals surface area contributed by atoms with Crippen molar-refractivity contribution >= 4 is 93.5 Å². The molecule has 0 radical (unpaired) electrons. The van der Waals surface area contributed by atoms with Crippen molar-refractivity contribution in [2.24, 2.45) is 46.1 Å². The highest BCUT2D eigenvalue weighted by atomic mass is 35.5. The Morgan fingerprint density at radius 2 is 0.984 bits per heavy atom. The molecular formula is C82H110ClN23O17. The summed E-state index contributed by atoms with van der Waals surface area (Å²) < 4.78 is 54.5. The quantitative estimate of drug-likeness (QED) is 0.0254. The summed E-state index contributed by atoms with van der Waals surface area (Å²) in [6.45, 7) is 15.5. The van der Waals surface area contributed by atoms with Crippen LogP contribution < -0.4 is 47.3 Å². The van der Waals surface area contributed by atoms with E-state index in [2.05, 4.69) is 77.5 Å². The highest BCUT2D eigenvalue weighted by Crippen LogP contribution is 2.36. The molecule has 40 nitrogen and oxygen atoms in total. The number of halogens is 1. The lowest BCUT2D eigenvalue weighted by molar-refractivity contribution is -0.133. The van der Waals surface area contributed by atoms with Gasteiger partial charge in [-0.1, -0.05) is 23.7 Å². The number of ether oxygens (including phenoxy) is 8. The summed E-state index contributed by atoms with van der Waals surface area (Å²) >= 11 is 6.30. The van der Waals surface area contributed by atoms with Gasteiger partial charge in [0.2, 0.25) is 35.3 Å². The number of nitrogens with zero attached hydrogens (tertiary/aromatic N) is 15. The molecule has 2 fully saturated rings. The first-order chi connectivity index (χ1) is 59.5. The molecule has 11 rings (SSSR count). The van der Waals surface area contributed by atoms with Gasteiger partial charge in [0.1, 0.15) is 29.0 Å². The van der Waals surface area contributed by atoms with Gasteiger partial charge in [-0.2, -0.15) is 0 Å². The van der Waals surface area contributed by atoms with Crippen LogP contribution in [0.2, 0.25) is 5.02 Å². The molecular weight excluding hydrogens is 1610 g/mol. The first kappa shape index (κ1) is 92.1. The number of hydrogen-bond acceptors (Lipinski definition) is 25. The minimum atomic E-state index is -0.638. The van der Waals surface area contributed by atoms with Crippen LogP contribution >= 0.6 is 11.6 Å². The molecule has 0 saturated carbocycles. The molecule has 8 N–H and O–H groups in total. The van der Waals surface area contributed by atoms with Crippen LogP contribution in [-0.2, 0) is 87.6 Å². The Hall–Kier alpha value is -11.6. The first-order valence-electron chi connectivity index (χ1n) is 41.0. The smallest absolute Gasteiger partial charge is 0.291 e. The second-order valence-electron chi connectivity index (χ2n) is 29.6. The second-order valence-corrected chi connectivity index (χ2v) is 30.0. The topological polar surface area (TPSA) is 440 Å². The Labute approximate surface area is 716 Å². The van der Waals surface area contributed by atoms with Crippen molar-refractivity contribution < 1.29 is 81.0 Å². The molecule has 9 heterocycles. The number of piperidine rings is 1. The van der Waals surface area contributed by atoms with Crippen LogP contribution in [0.5, 0.6) is 5.75 Å². The number of hydrogen-bond donors (Lipinski definition) is 8. The van der Waals surface area contributed by atoms with Gasteiger partial charge in [0, 0.05) is 186 Å². The molecule has 0 bridgehead atoms. The van der Waals surface area contributed by atoms with Crippen LogP contribution in [0, 0.1) is 12.8 Å². The third-order valence-electron chi connectivity index (χ3n) is 20.5. The maximum Gasteiger partial charge on any atom is 0.291 e. The lowest BCUT2D eigenvalue weighted by atomic mass is 9.95. The fourth-order valence-corrected chi connectivity index (χ4v) is 14.2. The Kier molecular flexibility index (Phi) is 34.9. The average Bonchev–Trinajstić information content (AvgIpc) is 1.61. The average molecular weight is 1730 g/mol. The predicted octanol–water partition coefficient (Wildman–Crippen LogP) is 3.33. The van der Waals surface area contributed by atoms with E-state index in [0.29, 0.717) is 120 Å². The lowest BCUT2D eigenvalue weighted by Crippen LogP contribution is -2.49. The van der Waals surface area contributed by atoms with E-state index in [-0.39, 0.29) is 116 Å². The molecule has 662 valence electrons. The largest absolute Gasteiger partial charge is 0.497 e. The van der Waals surface area contributed by atoms with Gasteiger partial charge in [0.25, 0.3) is 29.5 Å². The molecule has 0 aliphatic carbocycles. The molecule has 8 aromatic rings. The minimum absolute atomic E-state index is 0.00144. The summed E-state index contributed by atoms with van der Waals surface area (Å²) in [4.78, 5) is 142. The number of imidazole rings is 3. The molecule has 2 aromatic carbocycles. The maximum absolute atomic E-state index is 14.1. The summed E-state index contributed by atoms with van der Waals surface area (Å²) in [5.41, 5.74) is 4.43. The third-order valence-corrected chi connectivity index (χ3v) is 20.8. The number of anilines is 4. The molecule has 1 atom stereocenters. The van der Waals surface area contributed by atoms with Gasteiger partial charge in [-0.05, 0) is 68.1 Å². The van der Waals surface area contributed by atoms with Gasteiger partial charge in [0.05, 0.1) is 129 Å². The normalized spacial score (nSPS) is 14.3. The van der Waals surface area contributed by atoms with Crippen LogP contribution in [-0.4, -0.2) is 304 Å². The summed E-state index contributed by atoms with van der Waals surface area (Å²) in [5.74, 6) is -0.964. The zero-order valence-electron chi connectivity index (χ0n) is 70.5. The number of carbonyl (C=O) groups excluding carboxylic acids is 9. The Morgan fingerprint density at radius 1 is 0.488 bits per heavy atom. The van der Waals surface area contributed by atoms with Gasteiger partial charge >= 0.3 is 0 Å². The summed E-state index contributed by atoms with van der Waals surface area (Å²) in [7, 11) is 9.69. The van der Waals surface area contributed by atoms with E-state index in [9.17, 15) is 43.2 Å². The standard InChI is InChI=1S/C82H110ClN23O17/c1-55-96-97-74-63(91-73(57-8-10-58(83)11-9-57)62-48-61(116-7)12-13-64(62)106(55)74)49-72(110)105-24-17-56(18-25-105)50-104-29-27-103(28-30-104)31-33-118-35-37-120-39-41-122-43-45-123-44-42-121-40-38-119-36-34-117-32-23-84-69(107)14-19-88-80(113)76-94-67(53-101(76)5)92-70(108)15-20-87-79(112)66-47-60(52-100(66)4)90-82(115)77-95-68(54-102(77)6)93-71(109)16-21-86-78(111)65-46-59(51-99(65)3)89-81(114)75-85-22-26-98(75)2/h8-13,22,26,46-48,51-54,56,63H,14-21,23-25,27-45,49-50H2,1-7H3,(H,84,107)(H,86,111)(H,87,112)(H,88,113)(H,89,114)(H,90,115)(H,92,108)(H,93,109)/t63-/m0/s1. The van der Waals surface area contributed by atoms with Crippen LogP contribution in [0.4, 0.5) is 23.0 Å². The molecule has 6 aromatic heterocycles. The van der Waals surface area contributed by atoms with Crippen molar-refractivity contribution in [1.82, 2.24) is 88.5 Å². The maximum atomic E-state index is 14.1. The number of aromatic nitrogens is 11. The van der Waals surface area contributed by atoms with Gasteiger partial charge in [0.15, 0.2) is 23.3 Å². The lowest BCUT2D eigenvalue weighted by Gasteiger charge is -2.39. The van der Waals surface area contributed by atoms with E-state index in [0.717, 1.165) is 87.7 Å². The molecule has 9 amide bonds. The molecule has 41 heteroatoms. The number of methoxy groups -OCH3 is 1. The van der Waals surface area contributed by atoms with Crippen molar-refractivity contribution in [2.75, 3.05) is 199 Å². The summed E-state index contributed by atoms with van der Waals surface area (Å²) in [5, 5.41) is 31.0. The van der Waals surface area contributed by atoms with Gasteiger partial charge in [-0.25, -0.2) is 15.0 Å². The highest BCUT2D eigenvalue weighted by molar-refractivity contribution is 6.30. The van der Waals surface area contributed by atoms with E-state index in [1.54, 1.807) is 59.3 Å². The van der Waals surface area contributed by atoms with E-state index in [4.69, 9.17) is 54.5 Å². The Bertz CT molecular complexity index is 4920. The Balaban J connectivity index is 0.435. The van der Waals surface area contributed by atoms with Crippen LogP contribution in [0.15, 0.2) is 96.8 Å². The third kappa shape index (κ3) is 27.4. The number of aliphatic imine (C=N–C) groups is 1. The second kappa shape index (κ2) is 46.6. The molecule has 3 aliphatic heterocycles. The molecule has 2 saturated heterocycles. The first-order valence-corrected chi connectivity index (χ1v) is 41.3. The van der Waals surface area contributed by atoms with Gasteiger partial charge in [-0.3, -0.25) is 57.6 Å². The number of benzene rings is 2. The summed E-state index contributed by atoms with van der Waals surface area (Å²) in [6.07, 6.45) is 10.9. The molecule has 123 heavy (non-hydrogen) atoms. The van der Waals surface area contributed by atoms with E-state index >= 15 is 0 Å². The van der Waals surface area contributed by atoms with Crippen molar-refractivity contribution in [3.63, 3.8) is 0 Å². The summed E-state index contributed by atoms with van der Waals surface area (Å²) in [6, 6.07) is 15.9. The number of aryl methyl sites for hydroxylation is 6. The van der Waals surface area contributed by atoms with Crippen molar-refractivity contribution in [3.8, 4) is 11.4 Å². The van der Waals surface area contributed by atoms with Crippen molar-refractivity contribution in [2.45, 2.75) is 51.5 Å². The number of nitrogens with one attached hydrogen (secondary N) is 8. The molecule has 3 aliphatic rings. The monoisotopic (exact) mass is 1720 g/mol. The number of carbonyl (C=O) groups is 9. The molecule has 0 unspecified atom stereocenters. The van der Waals surface area contributed by atoms with Crippen LogP contribution in [0.3, 0.4) is 0 Å². The van der Waals surface area contributed by atoms with Crippen LogP contribution in [0.1, 0.15) is 120 Å². The zero-order valence-corrected chi connectivity index (χ0v) is 71.2. The zero-order chi connectivity index (χ0) is 87.2. The van der Waals surface area contributed by atoms with E-state index in [1.807, 2.05) is 58.9 Å². The number of piperazine rings is 1. The Morgan fingerprint density at radius 3 is 1.51 bits per heavy atom. The predicted molar refractivity (Wildman–Crippen MR) is 452 cm³/mol. The fourth-order valence-electron chi connectivity index (χ4n) is 14.1. The van der Waals surface area contributed by atoms with E-state index < -0.39 is 47.4 Å². The number of fused-ring (bicyclic) bond motifs is 3. The van der Waals surface area contributed by atoms with Gasteiger partial charge in [-0.15, -0.1) is 10.2 Å². The number of rotatable bonds is 48. The molecule has 0 spiro atoms. The van der Waals surface area contributed by atoms with E-state index in [1.165, 1.54) is 55.2 Å². The van der Waals surface area contributed by atoms with Crippen LogP contribution in [0.25, 0.3) is 5.69 Å². The SMILES string of the molecule is COc1ccc2c(c1)C(c1ccc(Cl)cc1)=N[C@@H](CC(=O)N1CCC(CN3CCN(CCOCCOCCOCCOCCOCCOCCOCCNC(=O)CCNC(=O)c4nc(NC(=O)CCNC(=O)c5cc(NC(=O)c6nc(NC(=O)CCNC(=O)c7cc(NC(=O)c8nccn8C)cn7C)cn6C)cn5C)cn4C)CC3)CC1)c1nnc(C)n1-2. The minimum Gasteiger partial charge on any atom is -0.497 e. The number of likely N-dealkylation sites (tertiary alicyclic amines) is 1. The fraction of sp³-hybridized carbons (Fsp3) is 0.500. The van der Waals surface area contributed by atoms with Crippen molar-refractivity contribution in [3.05, 3.63) is 148 Å².